The van der Waals surface area contributed by atoms with Gasteiger partial charge in [-0.3, -0.25) is 9.59 Å². The molecule has 0 radical (unpaired) electrons. The van der Waals surface area contributed by atoms with Crippen LogP contribution in [0.25, 0.3) is 0 Å². The van der Waals surface area contributed by atoms with Crippen LogP contribution >= 0.6 is 0 Å². The van der Waals surface area contributed by atoms with Crippen molar-refractivity contribution in [2.24, 2.45) is 5.92 Å². The zero-order chi connectivity index (χ0) is 24.2. The fraction of sp³-hybridized carbons (Fsp3) is 0.417. The van der Waals surface area contributed by atoms with E-state index < -0.39 is 15.9 Å². The number of carbonyl (C=O) groups is 2. The topological polar surface area (TPSA) is 105 Å². The molecule has 2 N–H and O–H groups in total. The van der Waals surface area contributed by atoms with Crippen LogP contribution in [0.5, 0.6) is 5.75 Å². The van der Waals surface area contributed by atoms with Gasteiger partial charge in [0.15, 0.2) is 0 Å². The van der Waals surface area contributed by atoms with E-state index in [1.54, 1.807) is 44.2 Å². The van der Waals surface area contributed by atoms with Crippen molar-refractivity contribution in [3.63, 3.8) is 0 Å². The average molecular weight is 474 g/mol. The Balaban J connectivity index is 1.83. The molecule has 2 aromatic rings. The molecule has 3 rings (SSSR count). The third kappa shape index (κ3) is 6.11. The van der Waals surface area contributed by atoms with Crippen molar-refractivity contribution in [1.29, 1.82) is 0 Å². The number of carbonyl (C=O) groups excluding carboxylic acids is 2. The molecule has 0 aliphatic heterocycles. The number of nitrogens with zero attached hydrogens (tertiary/aromatic N) is 1. The molecule has 0 atom stereocenters. The molecule has 178 valence electrons. The molecule has 1 fully saturated rings. The van der Waals surface area contributed by atoms with Crippen LogP contribution in [0.2, 0.25) is 0 Å². The van der Waals surface area contributed by atoms with Crippen LogP contribution in [0.15, 0.2) is 47.4 Å². The first-order valence-electron chi connectivity index (χ1n) is 11.2. The Hall–Kier alpha value is -2.91. The summed E-state index contributed by atoms with van der Waals surface area (Å²) in [6.07, 6.45) is 1.66. The van der Waals surface area contributed by atoms with Crippen LogP contribution in [0.1, 0.15) is 50.9 Å². The molecule has 2 amide bonds. The smallest absolute Gasteiger partial charge is 0.255 e. The van der Waals surface area contributed by atoms with E-state index in [1.165, 1.54) is 16.4 Å². The highest BCUT2D eigenvalue weighted by atomic mass is 32.2. The summed E-state index contributed by atoms with van der Waals surface area (Å²) in [5.41, 5.74) is 1.26. The summed E-state index contributed by atoms with van der Waals surface area (Å²) in [5, 5.41) is 5.61. The lowest BCUT2D eigenvalue weighted by atomic mass is 10.1. The van der Waals surface area contributed by atoms with Crippen molar-refractivity contribution < 1.29 is 22.7 Å². The lowest BCUT2D eigenvalue weighted by Crippen LogP contribution is -2.30. The molecule has 0 unspecified atom stereocenters. The molecule has 0 spiro atoms. The van der Waals surface area contributed by atoms with E-state index in [0.717, 1.165) is 12.8 Å². The molecule has 0 heterocycles. The van der Waals surface area contributed by atoms with Crippen molar-refractivity contribution >= 4 is 33.2 Å². The lowest BCUT2D eigenvalue weighted by molar-refractivity contribution is -0.117. The molecule has 1 saturated carbocycles. The summed E-state index contributed by atoms with van der Waals surface area (Å²) in [7, 11) is -3.70. The fourth-order valence-corrected chi connectivity index (χ4v) is 4.81. The predicted octanol–water partition coefficient (Wildman–Crippen LogP) is 4.11. The number of sulfonamides is 1. The summed E-state index contributed by atoms with van der Waals surface area (Å²) >= 11 is 0. The van der Waals surface area contributed by atoms with E-state index >= 15 is 0 Å². The normalized spacial score (nSPS) is 13.8. The molecule has 0 saturated heterocycles. The Morgan fingerprint density at radius 2 is 1.67 bits per heavy atom. The van der Waals surface area contributed by atoms with Crippen LogP contribution < -0.4 is 15.4 Å². The summed E-state index contributed by atoms with van der Waals surface area (Å²) in [4.78, 5) is 24.9. The molecule has 0 aromatic heterocycles. The molecule has 1 aliphatic rings. The quantitative estimate of drug-likeness (QED) is 0.540. The van der Waals surface area contributed by atoms with Crippen molar-refractivity contribution in [1.82, 2.24) is 4.31 Å². The van der Waals surface area contributed by atoms with Gasteiger partial charge in [0.1, 0.15) is 5.75 Å². The number of benzene rings is 2. The Labute approximate surface area is 195 Å². The van der Waals surface area contributed by atoms with E-state index in [-0.39, 0.29) is 28.5 Å². The van der Waals surface area contributed by atoms with Crippen molar-refractivity contribution in [3.8, 4) is 5.75 Å². The molecule has 0 bridgehead atoms. The van der Waals surface area contributed by atoms with Crippen molar-refractivity contribution in [2.75, 3.05) is 23.7 Å². The van der Waals surface area contributed by atoms with Gasteiger partial charge >= 0.3 is 0 Å². The second-order valence-corrected chi connectivity index (χ2v) is 10.1. The van der Waals surface area contributed by atoms with Gasteiger partial charge in [0.2, 0.25) is 15.9 Å². The third-order valence-corrected chi connectivity index (χ3v) is 7.31. The first-order valence-corrected chi connectivity index (χ1v) is 12.6. The van der Waals surface area contributed by atoms with Crippen LogP contribution in [-0.4, -0.2) is 43.7 Å². The van der Waals surface area contributed by atoms with Gasteiger partial charge in [-0.25, -0.2) is 8.42 Å². The number of hydrogen-bond acceptors (Lipinski definition) is 5. The zero-order valence-corrected chi connectivity index (χ0v) is 20.2. The molecule has 9 heteroatoms. The van der Waals surface area contributed by atoms with Gasteiger partial charge in [-0.2, -0.15) is 4.31 Å². The Morgan fingerprint density at radius 1 is 1.03 bits per heavy atom. The Bertz CT molecular complexity index is 1110. The van der Waals surface area contributed by atoms with Crippen molar-refractivity contribution in [2.45, 2.75) is 51.5 Å². The van der Waals surface area contributed by atoms with Crippen LogP contribution in [0.3, 0.4) is 0 Å². The maximum atomic E-state index is 13.0. The highest BCUT2D eigenvalue weighted by Crippen LogP contribution is 2.31. The SMILES string of the molecule is CCN(CC)S(=O)(=O)c1ccc(OC(C)C)c(NC(=O)c2ccc(NC(=O)C3CC3)cc2)c1. The Kier molecular flexibility index (Phi) is 7.76. The molecular formula is C24H31N3O5S. The maximum Gasteiger partial charge on any atom is 0.255 e. The standard InChI is InChI=1S/C24H31N3O5S/c1-5-27(6-2)33(30,31)20-13-14-22(32-16(3)4)21(15-20)26-24(29)18-9-11-19(12-10-18)25-23(28)17-7-8-17/h9-17H,5-8H2,1-4H3,(H,25,28)(H,26,29). The van der Waals surface area contributed by atoms with Crippen LogP contribution in [0, 0.1) is 5.92 Å². The van der Waals surface area contributed by atoms with E-state index in [0.29, 0.717) is 30.1 Å². The minimum atomic E-state index is -3.70. The molecule has 1 aliphatic carbocycles. The fourth-order valence-electron chi connectivity index (χ4n) is 3.33. The second kappa shape index (κ2) is 10.4. The molecule has 33 heavy (non-hydrogen) atoms. The lowest BCUT2D eigenvalue weighted by Gasteiger charge is -2.20. The minimum Gasteiger partial charge on any atom is -0.489 e. The zero-order valence-electron chi connectivity index (χ0n) is 19.4. The minimum absolute atomic E-state index is 0.00564. The van der Waals surface area contributed by atoms with E-state index in [4.69, 9.17) is 4.74 Å². The van der Waals surface area contributed by atoms with Gasteiger partial charge in [0.25, 0.3) is 5.91 Å². The van der Waals surface area contributed by atoms with E-state index in [1.807, 2.05) is 13.8 Å². The number of nitrogens with one attached hydrogen (secondary N) is 2. The third-order valence-electron chi connectivity index (χ3n) is 5.27. The number of amides is 2. The summed E-state index contributed by atoms with van der Waals surface area (Å²) in [6, 6.07) is 11.0. The van der Waals surface area contributed by atoms with Gasteiger partial charge in [-0.15, -0.1) is 0 Å². The van der Waals surface area contributed by atoms with Gasteiger partial charge in [0, 0.05) is 30.3 Å². The van der Waals surface area contributed by atoms with Crippen molar-refractivity contribution in [3.05, 3.63) is 48.0 Å². The largest absolute Gasteiger partial charge is 0.489 e. The predicted molar refractivity (Wildman–Crippen MR) is 128 cm³/mol. The van der Waals surface area contributed by atoms with Crippen LogP contribution in [0.4, 0.5) is 11.4 Å². The van der Waals surface area contributed by atoms with Crippen LogP contribution in [-0.2, 0) is 14.8 Å². The first kappa shape index (κ1) is 24.7. The van der Waals surface area contributed by atoms with Gasteiger partial charge in [-0.05, 0) is 69.2 Å². The molecular weight excluding hydrogens is 442 g/mol. The monoisotopic (exact) mass is 473 g/mol. The number of hydrogen-bond donors (Lipinski definition) is 2. The molecule has 2 aromatic carbocycles. The van der Waals surface area contributed by atoms with E-state index in [2.05, 4.69) is 10.6 Å². The number of anilines is 2. The van der Waals surface area contributed by atoms with Gasteiger partial charge < -0.3 is 15.4 Å². The highest BCUT2D eigenvalue weighted by molar-refractivity contribution is 7.89. The number of rotatable bonds is 10. The average Bonchev–Trinajstić information content (AvgIpc) is 3.61. The van der Waals surface area contributed by atoms with Gasteiger partial charge in [0.05, 0.1) is 16.7 Å². The summed E-state index contributed by atoms with van der Waals surface area (Å²) in [6.45, 7) is 7.93. The second-order valence-electron chi connectivity index (χ2n) is 8.21. The van der Waals surface area contributed by atoms with E-state index in [9.17, 15) is 18.0 Å². The molecule has 8 nitrogen and oxygen atoms in total. The summed E-state index contributed by atoms with van der Waals surface area (Å²) < 4.78 is 33.0. The summed E-state index contributed by atoms with van der Waals surface area (Å²) in [5.74, 6) is 0.0485. The highest BCUT2D eigenvalue weighted by Gasteiger charge is 2.29. The first-order chi connectivity index (χ1) is 15.6. The Morgan fingerprint density at radius 3 is 2.21 bits per heavy atom. The van der Waals surface area contributed by atoms with Gasteiger partial charge in [-0.1, -0.05) is 13.8 Å². The number of ether oxygens (including phenoxy) is 1. The maximum absolute atomic E-state index is 13.0.